The van der Waals surface area contributed by atoms with Crippen LogP contribution >= 0.6 is 11.6 Å². The summed E-state index contributed by atoms with van der Waals surface area (Å²) >= 11 is 6.03. The van der Waals surface area contributed by atoms with E-state index in [2.05, 4.69) is 23.2 Å². The number of hydrogen-bond acceptors (Lipinski definition) is 2. The van der Waals surface area contributed by atoms with Crippen molar-refractivity contribution >= 4 is 17.5 Å². The molecule has 2 rings (SSSR count). The molecule has 1 amide bonds. The Morgan fingerprint density at radius 1 is 1.45 bits per heavy atom. The fourth-order valence-corrected chi connectivity index (χ4v) is 3.28. The largest absolute Gasteiger partial charge is 0.352 e. The molecule has 0 bridgehead atoms. The van der Waals surface area contributed by atoms with Crippen molar-refractivity contribution in [2.75, 3.05) is 13.1 Å². The molecule has 1 saturated heterocycles. The predicted molar refractivity (Wildman–Crippen MR) is 82.7 cm³/mol. The minimum atomic E-state index is 0.0701. The first-order chi connectivity index (χ1) is 9.58. The summed E-state index contributed by atoms with van der Waals surface area (Å²) < 4.78 is 0. The van der Waals surface area contributed by atoms with Crippen LogP contribution in [0.4, 0.5) is 0 Å². The topological polar surface area (TPSA) is 32.3 Å². The average molecular weight is 295 g/mol. The third-order valence-electron chi connectivity index (χ3n) is 3.86. The van der Waals surface area contributed by atoms with Crippen LogP contribution in [-0.4, -0.2) is 29.9 Å². The van der Waals surface area contributed by atoms with Gasteiger partial charge in [0.1, 0.15) is 0 Å². The third kappa shape index (κ3) is 4.22. The summed E-state index contributed by atoms with van der Waals surface area (Å²) in [5.41, 5.74) is 1.23. The summed E-state index contributed by atoms with van der Waals surface area (Å²) in [5, 5.41) is 3.88. The van der Waals surface area contributed by atoms with E-state index >= 15 is 0 Å². The van der Waals surface area contributed by atoms with Crippen molar-refractivity contribution in [2.24, 2.45) is 5.92 Å². The number of rotatable bonds is 5. The van der Waals surface area contributed by atoms with Crippen LogP contribution in [0.1, 0.15) is 32.3 Å². The molecule has 0 radical (unpaired) electrons. The molecule has 0 aromatic heterocycles. The summed E-state index contributed by atoms with van der Waals surface area (Å²) in [5.74, 6) is 0.629. The van der Waals surface area contributed by atoms with E-state index in [0.717, 1.165) is 37.5 Å². The van der Waals surface area contributed by atoms with E-state index in [0.29, 0.717) is 5.92 Å². The standard InChI is InChI=1S/C16H23ClN2O/c1-3-5-14-10-19(11-16(14)18-12(2)20)9-13-6-4-7-15(17)8-13/h4,6-8,14,16H,3,5,9-11H2,1-2H3,(H,18,20)/t14-,16-/m1/s1. The van der Waals surface area contributed by atoms with Crippen LogP contribution in [-0.2, 0) is 11.3 Å². The van der Waals surface area contributed by atoms with Gasteiger partial charge in [-0.25, -0.2) is 0 Å². The number of benzene rings is 1. The summed E-state index contributed by atoms with van der Waals surface area (Å²) in [6.45, 7) is 6.67. The van der Waals surface area contributed by atoms with Crippen LogP contribution in [0.2, 0.25) is 5.02 Å². The molecule has 1 aliphatic heterocycles. The maximum absolute atomic E-state index is 11.3. The Morgan fingerprint density at radius 2 is 2.25 bits per heavy atom. The summed E-state index contributed by atoms with van der Waals surface area (Å²) in [4.78, 5) is 13.7. The molecule has 110 valence electrons. The molecule has 0 spiro atoms. The molecule has 0 aliphatic carbocycles. The van der Waals surface area contributed by atoms with Gasteiger partial charge in [-0.3, -0.25) is 9.69 Å². The molecular weight excluding hydrogens is 272 g/mol. The average Bonchev–Trinajstić information content (AvgIpc) is 2.71. The second-order valence-corrected chi connectivity index (χ2v) is 6.12. The molecule has 1 fully saturated rings. The Morgan fingerprint density at radius 3 is 2.90 bits per heavy atom. The first kappa shape index (κ1) is 15.3. The molecule has 1 aliphatic rings. The lowest BCUT2D eigenvalue weighted by Crippen LogP contribution is -2.39. The van der Waals surface area contributed by atoms with Crippen molar-refractivity contribution in [1.29, 1.82) is 0 Å². The van der Waals surface area contributed by atoms with Gasteiger partial charge in [0, 0.05) is 37.6 Å². The maximum Gasteiger partial charge on any atom is 0.217 e. The second kappa shape index (κ2) is 7.09. The van der Waals surface area contributed by atoms with E-state index in [1.54, 1.807) is 6.92 Å². The van der Waals surface area contributed by atoms with Crippen LogP contribution < -0.4 is 5.32 Å². The van der Waals surface area contributed by atoms with Gasteiger partial charge in [0.05, 0.1) is 0 Å². The van der Waals surface area contributed by atoms with Gasteiger partial charge < -0.3 is 5.32 Å². The van der Waals surface area contributed by atoms with Crippen LogP contribution in [0, 0.1) is 5.92 Å². The lowest BCUT2D eigenvalue weighted by molar-refractivity contribution is -0.119. The Hall–Kier alpha value is -1.06. The third-order valence-corrected chi connectivity index (χ3v) is 4.10. The van der Waals surface area contributed by atoms with E-state index in [-0.39, 0.29) is 11.9 Å². The highest BCUT2D eigenvalue weighted by Crippen LogP contribution is 2.24. The molecule has 1 aromatic rings. The van der Waals surface area contributed by atoms with E-state index in [1.807, 2.05) is 18.2 Å². The van der Waals surface area contributed by atoms with E-state index in [4.69, 9.17) is 11.6 Å². The van der Waals surface area contributed by atoms with Gasteiger partial charge in [-0.05, 0) is 30.0 Å². The van der Waals surface area contributed by atoms with E-state index in [9.17, 15) is 4.79 Å². The highest BCUT2D eigenvalue weighted by Gasteiger charge is 2.32. The number of halogens is 1. The maximum atomic E-state index is 11.3. The van der Waals surface area contributed by atoms with Crippen molar-refractivity contribution in [3.8, 4) is 0 Å². The van der Waals surface area contributed by atoms with Gasteiger partial charge >= 0.3 is 0 Å². The zero-order valence-corrected chi connectivity index (χ0v) is 13.0. The zero-order valence-electron chi connectivity index (χ0n) is 12.2. The van der Waals surface area contributed by atoms with E-state index in [1.165, 1.54) is 5.56 Å². The van der Waals surface area contributed by atoms with Crippen molar-refractivity contribution in [3.63, 3.8) is 0 Å². The molecule has 4 heteroatoms. The summed E-state index contributed by atoms with van der Waals surface area (Å²) in [6, 6.07) is 8.29. The second-order valence-electron chi connectivity index (χ2n) is 5.68. The number of carbonyl (C=O) groups excluding carboxylic acids is 1. The number of nitrogens with one attached hydrogen (secondary N) is 1. The molecule has 1 aromatic carbocycles. The number of nitrogens with zero attached hydrogens (tertiary/aromatic N) is 1. The Kier molecular flexibility index (Phi) is 5.44. The van der Waals surface area contributed by atoms with Crippen LogP contribution in [0.3, 0.4) is 0 Å². The van der Waals surface area contributed by atoms with E-state index < -0.39 is 0 Å². The van der Waals surface area contributed by atoms with Crippen LogP contribution in [0.5, 0.6) is 0 Å². The molecule has 0 saturated carbocycles. The Bertz CT molecular complexity index is 464. The molecule has 3 nitrogen and oxygen atoms in total. The number of likely N-dealkylation sites (tertiary alicyclic amines) is 1. The monoisotopic (exact) mass is 294 g/mol. The number of carbonyl (C=O) groups is 1. The molecular formula is C16H23ClN2O. The highest BCUT2D eigenvalue weighted by molar-refractivity contribution is 6.30. The fourth-order valence-electron chi connectivity index (χ4n) is 3.07. The Balaban J connectivity index is 1.98. The van der Waals surface area contributed by atoms with Gasteiger partial charge in [0.2, 0.25) is 5.91 Å². The number of hydrogen-bond donors (Lipinski definition) is 1. The van der Waals surface area contributed by atoms with Gasteiger partial charge in [0.15, 0.2) is 0 Å². The van der Waals surface area contributed by atoms with Gasteiger partial charge in [0.25, 0.3) is 0 Å². The lowest BCUT2D eigenvalue weighted by atomic mass is 9.98. The molecule has 0 unspecified atom stereocenters. The minimum absolute atomic E-state index is 0.0701. The van der Waals surface area contributed by atoms with Gasteiger partial charge in [-0.1, -0.05) is 37.1 Å². The first-order valence-corrected chi connectivity index (χ1v) is 7.70. The predicted octanol–water partition coefficient (Wildman–Crippen LogP) is 3.08. The van der Waals surface area contributed by atoms with Gasteiger partial charge in [-0.15, -0.1) is 0 Å². The number of amides is 1. The van der Waals surface area contributed by atoms with Crippen molar-refractivity contribution in [1.82, 2.24) is 10.2 Å². The van der Waals surface area contributed by atoms with Crippen molar-refractivity contribution < 1.29 is 4.79 Å². The van der Waals surface area contributed by atoms with Crippen LogP contribution in [0.15, 0.2) is 24.3 Å². The highest BCUT2D eigenvalue weighted by atomic mass is 35.5. The quantitative estimate of drug-likeness (QED) is 0.905. The SMILES string of the molecule is CCC[C@@H]1CN(Cc2cccc(Cl)c2)C[C@H]1NC(C)=O. The van der Waals surface area contributed by atoms with Crippen LogP contribution in [0.25, 0.3) is 0 Å². The zero-order chi connectivity index (χ0) is 14.5. The molecule has 1 N–H and O–H groups in total. The van der Waals surface area contributed by atoms with Crippen molar-refractivity contribution in [2.45, 2.75) is 39.3 Å². The van der Waals surface area contributed by atoms with Crippen molar-refractivity contribution in [3.05, 3.63) is 34.9 Å². The lowest BCUT2D eigenvalue weighted by Gasteiger charge is -2.18. The normalized spacial score (nSPS) is 22.9. The first-order valence-electron chi connectivity index (χ1n) is 7.32. The summed E-state index contributed by atoms with van der Waals surface area (Å²) in [7, 11) is 0. The fraction of sp³-hybridized carbons (Fsp3) is 0.562. The smallest absolute Gasteiger partial charge is 0.217 e. The minimum Gasteiger partial charge on any atom is -0.352 e. The summed E-state index contributed by atoms with van der Waals surface area (Å²) in [6.07, 6.45) is 2.32. The Labute approximate surface area is 126 Å². The van der Waals surface area contributed by atoms with Gasteiger partial charge in [-0.2, -0.15) is 0 Å². The molecule has 1 heterocycles. The molecule has 20 heavy (non-hydrogen) atoms. The molecule has 2 atom stereocenters.